The van der Waals surface area contributed by atoms with E-state index in [0.717, 1.165) is 11.1 Å². The van der Waals surface area contributed by atoms with E-state index in [1.165, 1.54) is 30.3 Å². The molecule has 0 heterocycles. The van der Waals surface area contributed by atoms with E-state index < -0.39 is 18.6 Å². The predicted octanol–water partition coefficient (Wildman–Crippen LogP) is 4.92. The first kappa shape index (κ1) is 26.9. The Labute approximate surface area is 241 Å². The fraction of sp³-hybridized carbons (Fsp3) is 0.114. The summed E-state index contributed by atoms with van der Waals surface area (Å²) < 4.78 is 0. The molecule has 6 N–H and O–H groups in total. The zero-order valence-electron chi connectivity index (χ0n) is 22.2. The summed E-state index contributed by atoms with van der Waals surface area (Å²) in [6, 6.07) is 20.7. The zero-order chi connectivity index (χ0) is 29.5. The minimum atomic E-state index is -1.26. The van der Waals surface area contributed by atoms with Crippen molar-refractivity contribution in [3.8, 4) is 46.0 Å². The molecule has 4 aromatic rings. The third-order valence-electron chi connectivity index (χ3n) is 7.69. The lowest BCUT2D eigenvalue weighted by atomic mass is 9.80. The Morgan fingerprint density at radius 1 is 0.762 bits per heavy atom. The number of ketones is 1. The molecule has 0 amide bonds. The van der Waals surface area contributed by atoms with Crippen LogP contribution < -0.4 is 0 Å². The first-order valence-electron chi connectivity index (χ1n) is 13.3. The van der Waals surface area contributed by atoms with Crippen LogP contribution in [-0.2, 0) is 4.79 Å². The maximum Gasteiger partial charge on any atom is 0.182 e. The number of benzene rings is 4. The van der Waals surface area contributed by atoms with Gasteiger partial charge in [0.1, 0.15) is 29.1 Å². The van der Waals surface area contributed by atoms with Gasteiger partial charge >= 0.3 is 0 Å². The smallest absolute Gasteiger partial charge is 0.182 e. The summed E-state index contributed by atoms with van der Waals surface area (Å²) in [5.41, 5.74) is 5.32. The fourth-order valence-corrected chi connectivity index (χ4v) is 5.65. The second-order valence-electron chi connectivity index (χ2n) is 10.3. The summed E-state index contributed by atoms with van der Waals surface area (Å²) in [5.74, 6) is 5.31. The second kappa shape index (κ2) is 10.6. The average Bonchev–Trinajstić information content (AvgIpc) is 3.74. The van der Waals surface area contributed by atoms with Gasteiger partial charge in [0.05, 0.1) is 6.61 Å². The Balaban J connectivity index is 1.60. The van der Waals surface area contributed by atoms with Crippen molar-refractivity contribution >= 4 is 5.78 Å². The molecule has 0 saturated heterocycles. The monoisotopic (exact) mass is 558 g/mol. The molecule has 208 valence electrons. The highest BCUT2D eigenvalue weighted by Gasteiger charge is 2.48. The second-order valence-corrected chi connectivity index (χ2v) is 10.3. The average molecular weight is 559 g/mol. The van der Waals surface area contributed by atoms with Gasteiger partial charge in [0, 0.05) is 40.2 Å². The normalized spacial score (nSPS) is 17.8. The van der Waals surface area contributed by atoms with Gasteiger partial charge in [-0.2, -0.15) is 0 Å². The summed E-state index contributed by atoms with van der Waals surface area (Å²) in [5, 5.41) is 61.1. The van der Waals surface area contributed by atoms with Gasteiger partial charge in [0.15, 0.2) is 5.78 Å². The van der Waals surface area contributed by atoms with E-state index >= 15 is 0 Å². The molecule has 42 heavy (non-hydrogen) atoms. The fourth-order valence-electron chi connectivity index (χ4n) is 5.65. The van der Waals surface area contributed by atoms with Crippen LogP contribution in [0.3, 0.4) is 0 Å². The molecule has 2 aliphatic carbocycles. The Hall–Kier alpha value is -5.29. The number of carbonyl (C=O) groups is 1. The van der Waals surface area contributed by atoms with E-state index in [-0.39, 0.29) is 34.7 Å². The number of aliphatic hydroxyl groups excluding tert-OH is 2. The minimum Gasteiger partial charge on any atom is -0.508 e. The van der Waals surface area contributed by atoms with Gasteiger partial charge in [-0.1, -0.05) is 42.2 Å². The number of allylic oxidation sites excluding steroid dienone is 4. The van der Waals surface area contributed by atoms with Crippen LogP contribution in [0, 0.1) is 11.8 Å². The molecule has 3 atom stereocenters. The van der Waals surface area contributed by atoms with Gasteiger partial charge in [-0.3, -0.25) is 4.79 Å². The maximum absolute atomic E-state index is 13.0. The third-order valence-corrected chi connectivity index (χ3v) is 7.69. The highest BCUT2D eigenvalue weighted by Crippen LogP contribution is 2.59. The van der Waals surface area contributed by atoms with E-state index in [2.05, 4.69) is 11.8 Å². The van der Waals surface area contributed by atoms with Crippen molar-refractivity contribution in [2.75, 3.05) is 6.61 Å². The number of carbonyl (C=O) groups excluding carboxylic acids is 1. The molecule has 0 spiro atoms. The first-order chi connectivity index (χ1) is 20.3. The molecule has 0 aromatic heterocycles. The summed E-state index contributed by atoms with van der Waals surface area (Å²) in [7, 11) is 0. The summed E-state index contributed by atoms with van der Waals surface area (Å²) in [6.07, 6.45) is 2.03. The summed E-state index contributed by atoms with van der Waals surface area (Å²) in [6.45, 7) is -0.555. The molecule has 1 unspecified atom stereocenters. The lowest BCUT2D eigenvalue weighted by Gasteiger charge is -2.24. The molecule has 7 nitrogen and oxygen atoms in total. The Morgan fingerprint density at radius 3 is 2.07 bits per heavy atom. The number of rotatable bonds is 5. The van der Waals surface area contributed by atoms with Crippen LogP contribution in [0.15, 0.2) is 102 Å². The number of phenolic OH excluding ortho intramolecular Hbond substituents is 4. The molecule has 0 radical (unpaired) electrons. The SMILES string of the molecule is O=C1C=CC(c2c(-c3ccc(O)cc3O)ccc([C@@H](O)CO)c2C#Cc2ccc(O)cc2)C2=C1[C@H]2c1ccc(O)cc1. The number of hydrogen-bond donors (Lipinski definition) is 6. The van der Waals surface area contributed by atoms with Crippen LogP contribution >= 0.6 is 0 Å². The van der Waals surface area contributed by atoms with Crippen molar-refractivity contribution in [2.45, 2.75) is 17.9 Å². The lowest BCUT2D eigenvalue weighted by Crippen LogP contribution is -2.11. The number of phenols is 4. The van der Waals surface area contributed by atoms with Crippen LogP contribution in [0.25, 0.3) is 11.1 Å². The first-order valence-corrected chi connectivity index (χ1v) is 13.3. The molecule has 0 aliphatic heterocycles. The molecule has 0 fully saturated rings. The lowest BCUT2D eigenvalue weighted by molar-refractivity contribution is -0.111. The standard InChI is InChI=1S/C35H26O7/c36-18-31(42)25-13-14-27(24-12-10-23(39)17-30(24)41)33(26(25)11-3-19-1-6-21(37)7-2-19)28-15-16-29(40)35-32(34(28)35)20-4-8-22(38)9-5-20/h1-2,4-10,12-17,28,31-32,36-39,41-42H,18H2/t28?,31-,32-/m0/s1. The van der Waals surface area contributed by atoms with Gasteiger partial charge in [-0.05, 0) is 82.4 Å². The number of aromatic hydroxyl groups is 4. The van der Waals surface area contributed by atoms with Gasteiger partial charge in [-0.15, -0.1) is 0 Å². The van der Waals surface area contributed by atoms with Crippen LogP contribution in [0.5, 0.6) is 23.0 Å². The van der Waals surface area contributed by atoms with E-state index in [4.69, 9.17) is 0 Å². The van der Waals surface area contributed by atoms with Crippen LogP contribution in [0.2, 0.25) is 0 Å². The number of aliphatic hydroxyl groups is 2. The Kier molecular flexibility index (Phi) is 6.79. The molecule has 4 aromatic carbocycles. The topological polar surface area (TPSA) is 138 Å². The quantitative estimate of drug-likeness (QED) is 0.191. The van der Waals surface area contributed by atoms with Crippen molar-refractivity contribution in [1.29, 1.82) is 0 Å². The van der Waals surface area contributed by atoms with Gasteiger partial charge in [-0.25, -0.2) is 0 Å². The van der Waals surface area contributed by atoms with E-state index in [1.807, 2.05) is 0 Å². The maximum atomic E-state index is 13.0. The molecular formula is C35H26O7. The van der Waals surface area contributed by atoms with E-state index in [0.29, 0.717) is 39.0 Å². The van der Waals surface area contributed by atoms with E-state index in [1.54, 1.807) is 60.7 Å². The Morgan fingerprint density at radius 2 is 1.40 bits per heavy atom. The van der Waals surface area contributed by atoms with Crippen molar-refractivity contribution in [3.63, 3.8) is 0 Å². The molecule has 7 heteroatoms. The highest BCUT2D eigenvalue weighted by atomic mass is 16.3. The van der Waals surface area contributed by atoms with Gasteiger partial charge in [0.25, 0.3) is 0 Å². The van der Waals surface area contributed by atoms with E-state index in [9.17, 15) is 35.4 Å². The van der Waals surface area contributed by atoms with Crippen LogP contribution in [-0.4, -0.2) is 43.0 Å². The van der Waals surface area contributed by atoms with Crippen molar-refractivity contribution in [3.05, 3.63) is 130 Å². The third kappa shape index (κ3) is 4.79. The predicted molar refractivity (Wildman–Crippen MR) is 156 cm³/mol. The Bertz CT molecular complexity index is 1840. The minimum absolute atomic E-state index is 0.0907. The molecule has 6 rings (SSSR count). The molecule has 2 aliphatic rings. The van der Waals surface area contributed by atoms with Crippen molar-refractivity contribution < 1.29 is 35.4 Å². The highest BCUT2D eigenvalue weighted by molar-refractivity contribution is 6.13. The zero-order valence-corrected chi connectivity index (χ0v) is 22.2. The molecular weight excluding hydrogens is 532 g/mol. The van der Waals surface area contributed by atoms with Crippen molar-refractivity contribution in [1.82, 2.24) is 0 Å². The molecule has 0 bridgehead atoms. The van der Waals surface area contributed by atoms with Crippen molar-refractivity contribution in [2.24, 2.45) is 0 Å². The largest absolute Gasteiger partial charge is 0.508 e. The molecule has 0 saturated carbocycles. The van der Waals surface area contributed by atoms with Gasteiger partial charge in [0.2, 0.25) is 0 Å². The van der Waals surface area contributed by atoms with Gasteiger partial charge < -0.3 is 30.6 Å². The van der Waals surface area contributed by atoms with Crippen LogP contribution in [0.1, 0.15) is 45.8 Å². The summed E-state index contributed by atoms with van der Waals surface area (Å²) >= 11 is 0. The number of hydrogen-bond acceptors (Lipinski definition) is 7. The summed E-state index contributed by atoms with van der Waals surface area (Å²) in [4.78, 5) is 13.0. The van der Waals surface area contributed by atoms with Crippen LogP contribution in [0.4, 0.5) is 0 Å².